The van der Waals surface area contributed by atoms with Gasteiger partial charge in [-0.25, -0.2) is 9.36 Å². The second-order valence-corrected chi connectivity index (χ2v) is 22.5. The Balaban J connectivity index is 0.823. The van der Waals surface area contributed by atoms with Crippen molar-refractivity contribution >= 4 is 17.3 Å². The Morgan fingerprint density at radius 2 is 1.51 bits per heavy atom. The van der Waals surface area contributed by atoms with Gasteiger partial charge in [0.25, 0.3) is 0 Å². The van der Waals surface area contributed by atoms with Crippen molar-refractivity contribution < 1.29 is 51.4 Å². The fraction of sp³-hybridized carbons (Fsp3) is 0.611. The van der Waals surface area contributed by atoms with Crippen LogP contribution >= 0.6 is 0 Å². The number of hydrogen-bond donors (Lipinski definition) is 3. The van der Waals surface area contributed by atoms with E-state index in [0.29, 0.717) is 73.4 Å². The number of piperazine rings is 1. The van der Waals surface area contributed by atoms with Gasteiger partial charge in [0.1, 0.15) is 28.8 Å². The van der Waals surface area contributed by atoms with E-state index in [1.54, 1.807) is 11.0 Å². The van der Waals surface area contributed by atoms with Crippen molar-refractivity contribution in [3.05, 3.63) is 76.3 Å². The number of nitrogens with zero attached hydrogens (tertiary/aromatic N) is 5. The van der Waals surface area contributed by atoms with Gasteiger partial charge >= 0.3 is 24.2 Å². The van der Waals surface area contributed by atoms with E-state index in [-0.39, 0.29) is 41.1 Å². The fourth-order valence-electron chi connectivity index (χ4n) is 12.0. The molecular weight excluding hydrogens is 942 g/mol. The molecule has 0 spiro atoms. The molecule has 0 bridgehead atoms. The van der Waals surface area contributed by atoms with Crippen LogP contribution in [0.3, 0.4) is 0 Å². The fourth-order valence-corrected chi connectivity index (χ4v) is 13.2. The molecule has 4 aromatic rings. The van der Waals surface area contributed by atoms with Crippen molar-refractivity contribution in [1.29, 1.82) is 0 Å². The second kappa shape index (κ2) is 23.1. The number of aromatic hydroxyl groups is 3. The molecule has 1 saturated heterocycles. The number of ether oxygens (including phenoxy) is 1. The van der Waals surface area contributed by atoms with Crippen molar-refractivity contribution in [2.75, 3.05) is 37.7 Å². The normalized spacial score (nSPS) is 21.0. The molecule has 388 valence electrons. The van der Waals surface area contributed by atoms with Crippen molar-refractivity contribution in [2.24, 2.45) is 17.8 Å². The Hall–Kier alpha value is -4.61. The van der Waals surface area contributed by atoms with Crippen molar-refractivity contribution in [3.63, 3.8) is 0 Å². The lowest BCUT2D eigenvalue weighted by molar-refractivity contribution is -0.284. The highest BCUT2D eigenvalue weighted by molar-refractivity contribution is 7.91. The van der Waals surface area contributed by atoms with Crippen LogP contribution in [-0.4, -0.2) is 100 Å². The highest BCUT2D eigenvalue weighted by atomic mass is 32.2. The number of rotatable bonds is 20. The topological polar surface area (TPSA) is 147 Å². The van der Waals surface area contributed by atoms with E-state index in [4.69, 9.17) is 4.74 Å². The number of carbonyl (C=O) groups is 1. The number of unbranched alkanes of at least 4 members (excludes halogenated alkanes) is 6. The number of hydrogen-bond acceptors (Lipinski definition) is 9. The summed E-state index contributed by atoms with van der Waals surface area (Å²) in [5.41, 5.74) is 6.78. The highest BCUT2D eigenvalue weighted by Gasteiger charge is 2.56. The maximum atomic E-state index is 13.8. The molecule has 8 rings (SSSR count). The molecule has 11 nitrogen and oxygen atoms in total. The Morgan fingerprint density at radius 3 is 2.23 bits per heavy atom. The predicted octanol–water partition coefficient (Wildman–Crippen LogP) is 12.3. The van der Waals surface area contributed by atoms with Gasteiger partial charge in [-0.2, -0.15) is 22.0 Å². The SMILES string of the molecule is CC(C)c1cc(-c2nnc(O)n2-c2ccc(CN3CCN(C(=O)Oc4cc(CCCCCCCCC[S+]([O-])CCCC(F)(F)C(F)(F)F)c5c(c4)CCC4C5CCC5CCCC54)CC3)cc2)c(O)cc1O. The average Bonchev–Trinajstić information content (AvgIpc) is 3.97. The molecule has 71 heavy (non-hydrogen) atoms. The number of aromatic nitrogens is 3. The molecule has 4 aliphatic rings. The summed E-state index contributed by atoms with van der Waals surface area (Å²) in [6.07, 6.45) is 8.59. The van der Waals surface area contributed by atoms with E-state index in [2.05, 4.69) is 27.2 Å². The van der Waals surface area contributed by atoms with E-state index < -0.39 is 36.1 Å². The van der Waals surface area contributed by atoms with Crippen molar-refractivity contribution in [3.8, 4) is 40.3 Å². The molecule has 2 heterocycles. The average molecular weight is 1010 g/mol. The van der Waals surface area contributed by atoms with Crippen LogP contribution in [0.25, 0.3) is 17.1 Å². The maximum absolute atomic E-state index is 13.8. The van der Waals surface area contributed by atoms with Crippen molar-refractivity contribution in [1.82, 2.24) is 24.6 Å². The second-order valence-electron chi connectivity index (χ2n) is 20.8. The zero-order valence-corrected chi connectivity index (χ0v) is 41.9. The number of benzene rings is 3. The first kappa shape index (κ1) is 52.7. The largest absolute Gasteiger partial charge is 0.616 e. The molecular formula is C54H70F5N5O6S. The van der Waals surface area contributed by atoms with E-state index >= 15 is 0 Å². The molecule has 1 aliphatic heterocycles. The minimum Gasteiger partial charge on any atom is -0.616 e. The summed E-state index contributed by atoms with van der Waals surface area (Å²) in [6, 6.07) is 14.5. The zero-order chi connectivity index (χ0) is 50.5. The molecule has 17 heteroatoms. The van der Waals surface area contributed by atoms with Gasteiger partial charge < -0.3 is 29.5 Å². The summed E-state index contributed by atoms with van der Waals surface area (Å²) in [7, 11) is 0. The lowest BCUT2D eigenvalue weighted by atomic mass is 9.60. The van der Waals surface area contributed by atoms with Gasteiger partial charge in [0.2, 0.25) is 0 Å². The Morgan fingerprint density at radius 1 is 0.803 bits per heavy atom. The van der Waals surface area contributed by atoms with Gasteiger partial charge in [-0.15, -0.1) is 5.10 Å². The van der Waals surface area contributed by atoms with Crippen LogP contribution in [0.4, 0.5) is 26.7 Å². The summed E-state index contributed by atoms with van der Waals surface area (Å²) < 4.78 is 83.4. The van der Waals surface area contributed by atoms with Gasteiger partial charge in [0.05, 0.1) is 11.3 Å². The summed E-state index contributed by atoms with van der Waals surface area (Å²) in [6.45, 7) is 6.92. The van der Waals surface area contributed by atoms with Gasteiger partial charge in [-0.05, 0) is 152 Å². The monoisotopic (exact) mass is 1010 g/mol. The van der Waals surface area contributed by atoms with Crippen LogP contribution in [0.15, 0.2) is 48.5 Å². The summed E-state index contributed by atoms with van der Waals surface area (Å²) in [5, 5.41) is 39.8. The number of carbonyl (C=O) groups excluding carboxylic acids is 1. The first-order chi connectivity index (χ1) is 34.0. The van der Waals surface area contributed by atoms with Crippen LogP contribution < -0.4 is 4.74 Å². The lowest BCUT2D eigenvalue weighted by Crippen LogP contribution is -2.49. The number of phenols is 2. The van der Waals surface area contributed by atoms with E-state index in [1.165, 1.54) is 65.8 Å². The molecule has 0 radical (unpaired) electrons. The van der Waals surface area contributed by atoms with Gasteiger partial charge in [-0.3, -0.25) is 4.90 Å². The predicted molar refractivity (Wildman–Crippen MR) is 264 cm³/mol. The smallest absolute Gasteiger partial charge is 0.453 e. The molecule has 5 atom stereocenters. The highest BCUT2D eigenvalue weighted by Crippen LogP contribution is 2.56. The van der Waals surface area contributed by atoms with Crippen LogP contribution in [-0.2, 0) is 30.6 Å². The number of aryl methyl sites for hydroxylation is 2. The first-order valence-corrected chi connectivity index (χ1v) is 27.4. The van der Waals surface area contributed by atoms with Crippen LogP contribution in [0.2, 0.25) is 0 Å². The molecule has 2 saturated carbocycles. The number of fused-ring (bicyclic) bond motifs is 5. The summed E-state index contributed by atoms with van der Waals surface area (Å²) in [4.78, 5) is 17.8. The van der Waals surface area contributed by atoms with E-state index in [9.17, 15) is 46.6 Å². The van der Waals surface area contributed by atoms with Gasteiger partial charge in [-0.1, -0.05) is 80.8 Å². The van der Waals surface area contributed by atoms with Gasteiger partial charge in [0, 0.05) is 45.2 Å². The first-order valence-electron chi connectivity index (χ1n) is 25.9. The molecule has 3 aromatic carbocycles. The molecule has 3 fully saturated rings. The summed E-state index contributed by atoms with van der Waals surface area (Å²) >= 11 is -1.40. The third kappa shape index (κ3) is 12.6. The van der Waals surface area contributed by atoms with E-state index in [0.717, 1.165) is 74.7 Å². The minimum absolute atomic E-state index is 0.0161. The third-order valence-electron chi connectivity index (χ3n) is 15.8. The minimum atomic E-state index is -5.57. The third-order valence-corrected chi connectivity index (χ3v) is 17.2. The van der Waals surface area contributed by atoms with Crippen LogP contribution in [0, 0.1) is 17.8 Å². The quantitative estimate of drug-likeness (QED) is 0.0447. The summed E-state index contributed by atoms with van der Waals surface area (Å²) in [5.74, 6) is -0.964. The Kier molecular flexibility index (Phi) is 17.1. The Bertz CT molecular complexity index is 2430. The number of phenolic OH excluding ortho intramolecular Hbond substituents is 2. The molecule has 5 unspecified atom stereocenters. The molecule has 3 N–H and O–H groups in total. The van der Waals surface area contributed by atoms with Crippen LogP contribution in [0.1, 0.15) is 150 Å². The van der Waals surface area contributed by atoms with E-state index in [1.807, 2.05) is 38.1 Å². The standard InChI is InChI=1S/C54H70F5N5O6S/c1-35(2)45-32-46(48(66)33-47(45)65)50-60-61-51(67)64(50)40-19-15-36(16-20-40)34-62-24-26-63(27-25-62)52(68)70-41-30-38(49-39(31-41)18-21-43-42-14-10-13-37(42)17-22-44(43)49)12-8-6-4-3-5-7-9-28-71(69)29-11-23-53(55,56)54(57,58)59/h15-16,19-20,30-33,35,37,42-44,65-66H,3-14,17-18,21-29,34H2,1-2H3,(H,61,67). The number of alkyl halides is 5. The van der Waals surface area contributed by atoms with Crippen molar-refractivity contribution in [2.45, 2.75) is 153 Å². The zero-order valence-electron chi connectivity index (χ0n) is 41.1. The molecule has 1 amide bonds. The Labute approximate surface area is 417 Å². The lowest BCUT2D eigenvalue weighted by Gasteiger charge is -2.45. The van der Waals surface area contributed by atoms with Crippen LogP contribution in [0.5, 0.6) is 23.3 Å². The maximum Gasteiger partial charge on any atom is 0.453 e. The number of halogens is 5. The van der Waals surface area contributed by atoms with Gasteiger partial charge in [0.15, 0.2) is 5.82 Å². The molecule has 3 aliphatic carbocycles. The number of amides is 1. The molecule has 1 aromatic heterocycles.